The van der Waals surface area contributed by atoms with Crippen LogP contribution in [0.2, 0.25) is 0 Å². The molecule has 0 aliphatic heterocycles. The van der Waals surface area contributed by atoms with Crippen molar-refractivity contribution in [1.82, 2.24) is 5.32 Å². The lowest BCUT2D eigenvalue weighted by atomic mass is 10.1. The van der Waals surface area contributed by atoms with Crippen molar-refractivity contribution >= 4 is 0 Å². The van der Waals surface area contributed by atoms with E-state index in [1.807, 2.05) is 0 Å². The van der Waals surface area contributed by atoms with Crippen molar-refractivity contribution in [3.63, 3.8) is 0 Å². The van der Waals surface area contributed by atoms with Gasteiger partial charge in [0.05, 0.1) is 5.56 Å². The maximum absolute atomic E-state index is 12.6. The van der Waals surface area contributed by atoms with Gasteiger partial charge < -0.3 is 5.32 Å². The van der Waals surface area contributed by atoms with Crippen LogP contribution >= 0.6 is 0 Å². The molecule has 16 heavy (non-hydrogen) atoms. The van der Waals surface area contributed by atoms with Crippen molar-refractivity contribution in [3.8, 4) is 12.3 Å². The zero-order valence-electron chi connectivity index (χ0n) is 8.64. The Labute approximate surface area is 92.7 Å². The Hall–Kier alpha value is -1.47. The van der Waals surface area contributed by atoms with Gasteiger partial charge in [-0.2, -0.15) is 13.2 Å². The Morgan fingerprint density at radius 2 is 1.94 bits per heavy atom. The normalized spacial score (nSPS) is 11.1. The molecule has 0 atom stereocenters. The van der Waals surface area contributed by atoms with E-state index < -0.39 is 11.7 Å². The van der Waals surface area contributed by atoms with Crippen molar-refractivity contribution in [2.24, 2.45) is 0 Å². The van der Waals surface area contributed by atoms with Crippen LogP contribution in [0.15, 0.2) is 24.3 Å². The van der Waals surface area contributed by atoms with Crippen molar-refractivity contribution in [2.75, 3.05) is 6.54 Å². The summed E-state index contributed by atoms with van der Waals surface area (Å²) in [5, 5.41) is 2.87. The summed E-state index contributed by atoms with van der Waals surface area (Å²) in [4.78, 5) is 0. The maximum atomic E-state index is 12.6. The predicted molar refractivity (Wildman–Crippen MR) is 56.6 cm³/mol. The van der Waals surface area contributed by atoms with E-state index in [1.54, 1.807) is 6.07 Å². The van der Waals surface area contributed by atoms with Gasteiger partial charge in [0.25, 0.3) is 0 Å². The molecule has 0 spiro atoms. The zero-order valence-corrected chi connectivity index (χ0v) is 8.64. The molecule has 0 aromatic heterocycles. The number of halogens is 3. The highest BCUT2D eigenvalue weighted by Gasteiger charge is 2.32. The number of hydrogen-bond acceptors (Lipinski definition) is 1. The van der Waals surface area contributed by atoms with Gasteiger partial charge in [0.1, 0.15) is 0 Å². The lowest BCUT2D eigenvalue weighted by Gasteiger charge is -2.12. The third-order valence-corrected chi connectivity index (χ3v) is 2.08. The summed E-state index contributed by atoms with van der Waals surface area (Å²) in [6, 6.07) is 5.52. The fourth-order valence-electron chi connectivity index (χ4n) is 1.33. The number of nitrogens with one attached hydrogen (secondary N) is 1. The van der Waals surface area contributed by atoms with Gasteiger partial charge in [0, 0.05) is 19.5 Å². The van der Waals surface area contributed by atoms with E-state index in [2.05, 4.69) is 11.2 Å². The Balaban J connectivity index is 2.69. The summed E-state index contributed by atoms with van der Waals surface area (Å²) in [7, 11) is 0. The highest BCUT2D eigenvalue weighted by Crippen LogP contribution is 2.31. The van der Waals surface area contributed by atoms with Crippen molar-refractivity contribution in [2.45, 2.75) is 19.1 Å². The number of terminal acetylenes is 1. The van der Waals surface area contributed by atoms with Crippen molar-refractivity contribution in [3.05, 3.63) is 35.4 Å². The van der Waals surface area contributed by atoms with Gasteiger partial charge in [-0.3, -0.25) is 0 Å². The summed E-state index contributed by atoms with van der Waals surface area (Å²) < 4.78 is 37.7. The second-order valence-corrected chi connectivity index (χ2v) is 3.29. The first-order chi connectivity index (χ1) is 7.55. The fraction of sp³-hybridized carbons (Fsp3) is 0.333. The molecular weight excluding hydrogens is 215 g/mol. The summed E-state index contributed by atoms with van der Waals surface area (Å²) in [5.41, 5.74) is -0.352. The molecular formula is C12H12F3N. The number of benzene rings is 1. The maximum Gasteiger partial charge on any atom is 0.416 e. The molecule has 0 saturated carbocycles. The lowest BCUT2D eigenvalue weighted by molar-refractivity contribution is -0.138. The number of hydrogen-bond donors (Lipinski definition) is 1. The zero-order chi connectivity index (χ0) is 12.0. The van der Waals surface area contributed by atoms with Gasteiger partial charge in [-0.1, -0.05) is 18.2 Å². The predicted octanol–water partition coefficient (Wildman–Crippen LogP) is 2.82. The largest absolute Gasteiger partial charge is 0.416 e. The first kappa shape index (κ1) is 12.6. The molecule has 4 heteroatoms. The van der Waals surface area contributed by atoms with Crippen LogP contribution in [0.3, 0.4) is 0 Å². The first-order valence-corrected chi connectivity index (χ1v) is 4.85. The second kappa shape index (κ2) is 5.57. The summed E-state index contributed by atoms with van der Waals surface area (Å²) in [6.07, 6.45) is 1.24. The lowest BCUT2D eigenvalue weighted by Crippen LogP contribution is -2.18. The first-order valence-electron chi connectivity index (χ1n) is 4.85. The summed E-state index contributed by atoms with van der Waals surface area (Å²) in [6.45, 7) is 0.694. The highest BCUT2D eigenvalue weighted by atomic mass is 19.4. The van der Waals surface area contributed by atoms with Crippen molar-refractivity contribution in [1.29, 1.82) is 0 Å². The Morgan fingerprint density at radius 3 is 2.56 bits per heavy atom. The van der Waals surface area contributed by atoms with Crippen LogP contribution < -0.4 is 5.32 Å². The molecule has 1 N–H and O–H groups in total. The van der Waals surface area contributed by atoms with Gasteiger partial charge in [0.2, 0.25) is 0 Å². The molecule has 1 nitrogen and oxygen atoms in total. The second-order valence-electron chi connectivity index (χ2n) is 3.29. The quantitative estimate of drug-likeness (QED) is 0.616. The van der Waals surface area contributed by atoms with Crippen LogP contribution in [0.5, 0.6) is 0 Å². The molecule has 86 valence electrons. The minimum atomic E-state index is -4.30. The van der Waals surface area contributed by atoms with Crippen LogP contribution in [0.4, 0.5) is 13.2 Å². The Kier molecular flexibility index (Phi) is 4.39. The highest BCUT2D eigenvalue weighted by molar-refractivity contribution is 5.29. The van der Waals surface area contributed by atoms with Gasteiger partial charge >= 0.3 is 6.18 Å². The van der Waals surface area contributed by atoms with E-state index in [-0.39, 0.29) is 12.1 Å². The number of alkyl halides is 3. The van der Waals surface area contributed by atoms with Crippen LogP contribution in [-0.4, -0.2) is 6.54 Å². The molecule has 1 rings (SSSR count). The molecule has 0 unspecified atom stereocenters. The SMILES string of the molecule is C#CCCNCc1ccccc1C(F)(F)F. The monoisotopic (exact) mass is 227 g/mol. The molecule has 0 aliphatic rings. The smallest absolute Gasteiger partial charge is 0.312 e. The van der Waals surface area contributed by atoms with Crippen LogP contribution in [0.25, 0.3) is 0 Å². The van der Waals surface area contributed by atoms with Gasteiger partial charge in [-0.15, -0.1) is 12.3 Å². The Morgan fingerprint density at radius 1 is 1.25 bits per heavy atom. The minimum Gasteiger partial charge on any atom is -0.312 e. The van der Waals surface area contributed by atoms with E-state index in [4.69, 9.17) is 6.42 Å². The third kappa shape index (κ3) is 3.59. The fourth-order valence-corrected chi connectivity index (χ4v) is 1.33. The topological polar surface area (TPSA) is 12.0 Å². The van der Waals surface area contributed by atoms with E-state index in [0.29, 0.717) is 13.0 Å². The standard InChI is InChI=1S/C12H12F3N/c1-2-3-8-16-9-10-6-4-5-7-11(10)12(13,14)15/h1,4-7,16H,3,8-9H2. The van der Waals surface area contributed by atoms with Gasteiger partial charge in [-0.25, -0.2) is 0 Å². The van der Waals surface area contributed by atoms with Gasteiger partial charge in [0.15, 0.2) is 0 Å². The molecule has 1 aromatic carbocycles. The van der Waals surface area contributed by atoms with Crippen LogP contribution in [-0.2, 0) is 12.7 Å². The number of rotatable bonds is 4. The van der Waals surface area contributed by atoms with E-state index in [0.717, 1.165) is 6.07 Å². The average Bonchev–Trinajstić information content (AvgIpc) is 2.24. The summed E-state index contributed by atoms with van der Waals surface area (Å²) >= 11 is 0. The van der Waals surface area contributed by atoms with Crippen molar-refractivity contribution < 1.29 is 13.2 Å². The van der Waals surface area contributed by atoms with Crippen LogP contribution in [0.1, 0.15) is 17.5 Å². The molecule has 0 bridgehead atoms. The average molecular weight is 227 g/mol. The Bertz CT molecular complexity index is 377. The van der Waals surface area contributed by atoms with Gasteiger partial charge in [-0.05, 0) is 11.6 Å². The molecule has 0 saturated heterocycles. The van der Waals surface area contributed by atoms with E-state index in [9.17, 15) is 13.2 Å². The molecule has 0 aliphatic carbocycles. The minimum absolute atomic E-state index is 0.178. The molecule has 0 heterocycles. The summed E-state index contributed by atoms with van der Waals surface area (Å²) in [5.74, 6) is 2.41. The molecule has 0 amide bonds. The molecule has 0 radical (unpaired) electrons. The third-order valence-electron chi connectivity index (χ3n) is 2.08. The van der Waals surface area contributed by atoms with Crippen LogP contribution in [0, 0.1) is 12.3 Å². The van der Waals surface area contributed by atoms with E-state index in [1.165, 1.54) is 12.1 Å². The molecule has 0 fully saturated rings. The van der Waals surface area contributed by atoms with E-state index >= 15 is 0 Å². The molecule has 1 aromatic rings.